The molecule has 3 aliphatic rings. The van der Waals surface area contributed by atoms with Crippen molar-refractivity contribution in [2.45, 2.75) is 10.8 Å². The van der Waals surface area contributed by atoms with Gasteiger partial charge in [-0.15, -0.1) is 23.2 Å². The predicted molar refractivity (Wildman–Crippen MR) is 56.3 cm³/mol. The zero-order valence-electron chi connectivity index (χ0n) is 6.68. The summed E-state index contributed by atoms with van der Waals surface area (Å²) in [4.78, 5) is 0. The molecule has 0 aromatic rings. The summed E-state index contributed by atoms with van der Waals surface area (Å²) in [6, 6.07) is 0. The monoisotopic (exact) mass is 256 g/mol. The van der Waals surface area contributed by atoms with Crippen LogP contribution in [0.15, 0.2) is 10.6 Å². The Morgan fingerprint density at radius 3 is 2.54 bits per heavy atom. The van der Waals surface area contributed by atoms with Gasteiger partial charge in [0, 0.05) is 5.92 Å². The minimum Gasteiger partial charge on any atom is -0.101 e. The highest BCUT2D eigenvalue weighted by Crippen LogP contribution is 2.80. The molecule has 0 nitrogen and oxygen atoms in total. The molecule has 5 atom stereocenters. The van der Waals surface area contributed by atoms with Gasteiger partial charge in [-0.2, -0.15) is 0 Å². The van der Waals surface area contributed by atoms with E-state index >= 15 is 0 Å². The molecular formula is C9H8Cl4. The molecule has 3 rings (SSSR count). The number of halogens is 4. The van der Waals surface area contributed by atoms with Crippen LogP contribution in [0.5, 0.6) is 0 Å². The maximum absolute atomic E-state index is 6.11. The van der Waals surface area contributed by atoms with Gasteiger partial charge in [0.25, 0.3) is 0 Å². The van der Waals surface area contributed by atoms with Crippen LogP contribution in [-0.2, 0) is 0 Å². The number of allylic oxidation sites excluding steroid dienone is 1. The lowest BCUT2D eigenvalue weighted by Crippen LogP contribution is -1.97. The van der Waals surface area contributed by atoms with Crippen LogP contribution in [-0.4, -0.2) is 4.33 Å². The summed E-state index contributed by atoms with van der Waals surface area (Å²) in [6.45, 7) is 0. The molecule has 13 heavy (non-hydrogen) atoms. The standard InChI is InChI=1S/C9H8Cl4/c10-6(11)2-4-3-1-5-8(7(3)4)9(5,12)13/h2-5,7-8H,1H2/t3-,4+,5+,7-,8+/m0/s1. The SMILES string of the molecule is ClC(Cl)=C[C@@H]1[C@@H]2C[C@@H]3[C@H]([C@H]12)C3(Cl)Cl. The molecule has 72 valence electrons. The average molecular weight is 258 g/mol. The highest BCUT2D eigenvalue weighted by molar-refractivity contribution is 6.55. The third-order valence-electron chi connectivity index (χ3n) is 3.81. The lowest BCUT2D eigenvalue weighted by molar-refractivity contribution is 0.635. The highest BCUT2D eigenvalue weighted by Gasteiger charge is 2.79. The number of hydrogen-bond donors (Lipinski definition) is 0. The van der Waals surface area contributed by atoms with E-state index in [1.165, 1.54) is 0 Å². The van der Waals surface area contributed by atoms with Gasteiger partial charge in [-0.25, -0.2) is 0 Å². The van der Waals surface area contributed by atoms with Crippen LogP contribution < -0.4 is 0 Å². The Bertz CT molecular complexity index is 292. The van der Waals surface area contributed by atoms with Crippen molar-refractivity contribution in [1.82, 2.24) is 0 Å². The quantitative estimate of drug-likeness (QED) is 0.624. The maximum Gasteiger partial charge on any atom is 0.125 e. The minimum absolute atomic E-state index is 0.381. The van der Waals surface area contributed by atoms with Crippen LogP contribution in [0, 0.1) is 29.6 Å². The predicted octanol–water partition coefficient (Wildman–Crippen LogP) is 3.99. The smallest absolute Gasteiger partial charge is 0.101 e. The first-order valence-electron chi connectivity index (χ1n) is 4.44. The van der Waals surface area contributed by atoms with E-state index in [1.54, 1.807) is 0 Å². The lowest BCUT2D eigenvalue weighted by Gasteiger charge is -1.98. The topological polar surface area (TPSA) is 0 Å². The number of fused-ring (bicyclic) bond motifs is 3. The van der Waals surface area contributed by atoms with Crippen molar-refractivity contribution in [1.29, 1.82) is 0 Å². The van der Waals surface area contributed by atoms with Crippen LogP contribution in [0.25, 0.3) is 0 Å². The molecule has 0 aromatic carbocycles. The molecule has 0 amide bonds. The Hall–Kier alpha value is 0.900. The summed E-state index contributed by atoms with van der Waals surface area (Å²) in [6.07, 6.45) is 3.10. The second kappa shape index (κ2) is 2.52. The Labute approximate surface area is 97.2 Å². The van der Waals surface area contributed by atoms with Gasteiger partial charge < -0.3 is 0 Å². The van der Waals surface area contributed by atoms with Gasteiger partial charge in [0.15, 0.2) is 0 Å². The van der Waals surface area contributed by atoms with Gasteiger partial charge >= 0.3 is 0 Å². The Morgan fingerprint density at radius 1 is 1.31 bits per heavy atom. The molecular weight excluding hydrogens is 250 g/mol. The molecule has 0 N–H and O–H groups in total. The third kappa shape index (κ3) is 1.13. The number of hydrogen-bond acceptors (Lipinski definition) is 0. The molecule has 3 fully saturated rings. The summed E-state index contributed by atoms with van der Waals surface area (Å²) < 4.78 is -0.0472. The van der Waals surface area contributed by atoms with Gasteiger partial charge in [-0.05, 0) is 30.1 Å². The number of rotatable bonds is 1. The molecule has 3 aliphatic carbocycles. The first-order chi connectivity index (χ1) is 6.03. The second-order valence-corrected chi connectivity index (χ2v) is 6.77. The summed E-state index contributed by atoms with van der Waals surface area (Å²) in [5.41, 5.74) is 0. The first kappa shape index (κ1) is 9.15. The highest BCUT2D eigenvalue weighted by atomic mass is 35.5. The minimum atomic E-state index is -0.428. The van der Waals surface area contributed by atoms with Crippen LogP contribution >= 0.6 is 46.4 Å². The van der Waals surface area contributed by atoms with E-state index in [9.17, 15) is 0 Å². The molecule has 0 spiro atoms. The fourth-order valence-electron chi connectivity index (χ4n) is 3.17. The molecule has 0 bridgehead atoms. The van der Waals surface area contributed by atoms with Crippen LogP contribution in [0.4, 0.5) is 0 Å². The van der Waals surface area contributed by atoms with Crippen LogP contribution in [0.1, 0.15) is 6.42 Å². The average Bonchev–Trinajstić information content (AvgIpc) is 2.75. The van der Waals surface area contributed by atoms with Crippen molar-refractivity contribution in [2.24, 2.45) is 29.6 Å². The van der Waals surface area contributed by atoms with E-state index in [0.29, 0.717) is 28.2 Å². The van der Waals surface area contributed by atoms with Crippen molar-refractivity contribution in [3.05, 3.63) is 10.6 Å². The summed E-state index contributed by atoms with van der Waals surface area (Å²) in [7, 11) is 0. The van der Waals surface area contributed by atoms with Gasteiger partial charge in [-0.3, -0.25) is 0 Å². The molecule has 0 radical (unpaired) electrons. The van der Waals surface area contributed by atoms with Crippen molar-refractivity contribution < 1.29 is 0 Å². The summed E-state index contributed by atoms with van der Waals surface area (Å²) >= 11 is 23.5. The normalized spacial score (nSPS) is 53.7. The zero-order valence-corrected chi connectivity index (χ0v) is 9.71. The molecule has 0 aromatic heterocycles. The van der Waals surface area contributed by atoms with Crippen molar-refractivity contribution in [3.8, 4) is 0 Å². The van der Waals surface area contributed by atoms with Crippen molar-refractivity contribution in [3.63, 3.8) is 0 Å². The Kier molecular flexibility index (Phi) is 1.78. The second-order valence-electron chi connectivity index (χ2n) is 4.32. The zero-order chi connectivity index (χ0) is 9.38. The van der Waals surface area contributed by atoms with E-state index in [-0.39, 0.29) is 0 Å². The van der Waals surface area contributed by atoms with Gasteiger partial charge in [0.05, 0.1) is 0 Å². The summed E-state index contributed by atoms with van der Waals surface area (Å²) in [5, 5.41) is 0. The third-order valence-corrected chi connectivity index (χ3v) is 5.13. The van der Waals surface area contributed by atoms with Crippen LogP contribution in [0.2, 0.25) is 0 Å². The molecule has 3 saturated carbocycles. The Balaban J connectivity index is 1.75. The fourth-order valence-corrected chi connectivity index (χ4v) is 4.38. The molecule has 0 saturated heterocycles. The molecule has 4 heteroatoms. The largest absolute Gasteiger partial charge is 0.125 e. The van der Waals surface area contributed by atoms with Crippen LogP contribution in [0.3, 0.4) is 0 Å². The van der Waals surface area contributed by atoms with Gasteiger partial charge in [-0.1, -0.05) is 29.3 Å². The molecule has 0 aliphatic heterocycles. The van der Waals surface area contributed by atoms with E-state index in [2.05, 4.69) is 0 Å². The first-order valence-corrected chi connectivity index (χ1v) is 5.95. The fraction of sp³-hybridized carbons (Fsp3) is 0.778. The van der Waals surface area contributed by atoms with Gasteiger partial charge in [0.1, 0.15) is 8.82 Å². The van der Waals surface area contributed by atoms with E-state index < -0.39 is 4.33 Å². The Morgan fingerprint density at radius 2 is 2.00 bits per heavy atom. The lowest BCUT2D eigenvalue weighted by atomic mass is 10.1. The number of alkyl halides is 2. The van der Waals surface area contributed by atoms with Crippen molar-refractivity contribution >= 4 is 46.4 Å². The van der Waals surface area contributed by atoms with E-state index in [1.807, 2.05) is 6.08 Å². The van der Waals surface area contributed by atoms with Crippen molar-refractivity contribution in [2.75, 3.05) is 0 Å². The molecule has 0 heterocycles. The summed E-state index contributed by atoms with van der Waals surface area (Å²) in [5.74, 6) is 3.02. The van der Waals surface area contributed by atoms with Gasteiger partial charge in [0.2, 0.25) is 0 Å². The maximum atomic E-state index is 6.11. The van der Waals surface area contributed by atoms with E-state index in [4.69, 9.17) is 46.4 Å². The van der Waals surface area contributed by atoms with E-state index in [0.717, 1.165) is 12.3 Å². The molecule has 0 unspecified atom stereocenters.